The first kappa shape index (κ1) is 19.4. The fraction of sp³-hybridized carbons (Fsp3) is 0.389. The molecule has 5 nitrogen and oxygen atoms in total. The second-order valence-electron chi connectivity index (χ2n) is 6.83. The van der Waals surface area contributed by atoms with E-state index < -0.39 is 6.36 Å². The number of fused-ring (bicyclic) bond motifs is 1. The molecule has 0 amide bonds. The molecule has 0 spiro atoms. The number of ether oxygens (including phenoxy) is 1. The molecule has 1 fully saturated rings. The molecule has 0 unspecified atom stereocenters. The number of nitrogens with zero attached hydrogens (tertiary/aromatic N) is 4. The highest BCUT2D eigenvalue weighted by Gasteiger charge is 2.31. The van der Waals surface area contributed by atoms with Crippen LogP contribution in [-0.4, -0.2) is 26.1 Å². The number of alkyl halides is 3. The van der Waals surface area contributed by atoms with Crippen LogP contribution in [0.25, 0.3) is 11.0 Å². The van der Waals surface area contributed by atoms with Crippen LogP contribution in [0.5, 0.6) is 5.75 Å². The molecular formula is C18H15BrClF3N4O. The van der Waals surface area contributed by atoms with Crippen LogP contribution in [0.2, 0.25) is 5.15 Å². The molecule has 0 N–H and O–H groups in total. The zero-order chi connectivity index (χ0) is 20.1. The molecule has 0 radical (unpaired) electrons. The summed E-state index contributed by atoms with van der Waals surface area (Å²) in [6, 6.07) is 5.72. The quantitative estimate of drug-likeness (QED) is 0.436. The van der Waals surface area contributed by atoms with Gasteiger partial charge in [0.2, 0.25) is 0 Å². The van der Waals surface area contributed by atoms with E-state index in [1.165, 1.54) is 12.1 Å². The van der Waals surface area contributed by atoms with Gasteiger partial charge in [0, 0.05) is 5.92 Å². The van der Waals surface area contributed by atoms with E-state index in [2.05, 4.69) is 35.7 Å². The van der Waals surface area contributed by atoms with Crippen LogP contribution >= 0.6 is 27.5 Å². The lowest BCUT2D eigenvalue weighted by atomic mass is 10.1. The maximum atomic E-state index is 12.3. The molecule has 0 bridgehead atoms. The van der Waals surface area contributed by atoms with Crippen molar-refractivity contribution in [2.24, 2.45) is 0 Å². The maximum absolute atomic E-state index is 12.3. The molecule has 2 aromatic heterocycles. The lowest BCUT2D eigenvalue weighted by Gasteiger charge is -2.14. The Bertz CT molecular complexity index is 1020. The summed E-state index contributed by atoms with van der Waals surface area (Å²) in [6.07, 6.45) is -2.04. The Balaban J connectivity index is 1.59. The zero-order valence-electron chi connectivity index (χ0n) is 14.7. The second-order valence-corrected chi connectivity index (χ2v) is 7.93. The minimum Gasteiger partial charge on any atom is -0.406 e. The topological polar surface area (TPSA) is 52.8 Å². The molecule has 3 aromatic rings. The Morgan fingerprint density at radius 3 is 2.54 bits per heavy atom. The Morgan fingerprint density at radius 1 is 1.25 bits per heavy atom. The van der Waals surface area contributed by atoms with Gasteiger partial charge in [0.25, 0.3) is 0 Å². The standard InChI is InChI=1S/C18H15BrClF3N4O/c1-9(8-10-2-6-12(7-3-10)28-18(21,22)23)27-17-13(14(19)26-27)15(20)24-16(25-17)11-4-5-11/h2-3,6-7,9,11H,4-5,8H2,1H3/t9-/m0/s1. The highest BCUT2D eigenvalue weighted by Crippen LogP contribution is 2.40. The normalized spacial score (nSPS) is 15.8. The van der Waals surface area contributed by atoms with Gasteiger partial charge in [0.05, 0.1) is 11.4 Å². The highest BCUT2D eigenvalue weighted by atomic mass is 79.9. The van der Waals surface area contributed by atoms with Crippen molar-refractivity contribution < 1.29 is 17.9 Å². The summed E-state index contributed by atoms with van der Waals surface area (Å²) < 4.78 is 43.1. The minimum atomic E-state index is -4.70. The van der Waals surface area contributed by atoms with Crippen molar-refractivity contribution in [3.63, 3.8) is 0 Å². The van der Waals surface area contributed by atoms with Crippen LogP contribution in [0.1, 0.15) is 43.1 Å². The Labute approximate surface area is 172 Å². The molecular weight excluding hydrogens is 461 g/mol. The third kappa shape index (κ3) is 4.10. The average Bonchev–Trinajstić information content (AvgIpc) is 3.39. The predicted molar refractivity (Wildman–Crippen MR) is 102 cm³/mol. The average molecular weight is 476 g/mol. The van der Waals surface area contributed by atoms with Gasteiger partial charge in [-0.3, -0.25) is 0 Å². The first-order valence-electron chi connectivity index (χ1n) is 8.67. The molecule has 1 atom stereocenters. The lowest BCUT2D eigenvalue weighted by molar-refractivity contribution is -0.274. The lowest BCUT2D eigenvalue weighted by Crippen LogP contribution is -2.17. The van der Waals surface area contributed by atoms with Crippen LogP contribution in [0.3, 0.4) is 0 Å². The molecule has 10 heteroatoms. The molecule has 1 aliphatic carbocycles. The Kier molecular flexibility index (Phi) is 4.99. The fourth-order valence-corrected chi connectivity index (χ4v) is 3.97. The molecule has 0 saturated heterocycles. The van der Waals surface area contributed by atoms with Crippen molar-refractivity contribution in [2.45, 2.75) is 44.5 Å². The fourth-order valence-electron chi connectivity index (χ4n) is 3.06. The van der Waals surface area contributed by atoms with Gasteiger partial charge in [-0.05, 0) is 59.8 Å². The van der Waals surface area contributed by atoms with Gasteiger partial charge in [0.15, 0.2) is 5.65 Å². The van der Waals surface area contributed by atoms with Gasteiger partial charge in [0.1, 0.15) is 21.3 Å². The van der Waals surface area contributed by atoms with Gasteiger partial charge in [-0.25, -0.2) is 14.6 Å². The van der Waals surface area contributed by atoms with E-state index in [0.29, 0.717) is 33.1 Å². The highest BCUT2D eigenvalue weighted by molar-refractivity contribution is 9.10. The van der Waals surface area contributed by atoms with Crippen LogP contribution in [0, 0.1) is 0 Å². The van der Waals surface area contributed by atoms with E-state index in [0.717, 1.165) is 24.2 Å². The van der Waals surface area contributed by atoms with E-state index in [9.17, 15) is 13.2 Å². The minimum absolute atomic E-state index is 0.0961. The van der Waals surface area contributed by atoms with Gasteiger partial charge in [-0.2, -0.15) is 5.10 Å². The van der Waals surface area contributed by atoms with Gasteiger partial charge in [-0.1, -0.05) is 23.7 Å². The smallest absolute Gasteiger partial charge is 0.406 e. The predicted octanol–water partition coefficient (Wildman–Crippen LogP) is 5.82. The third-order valence-electron chi connectivity index (χ3n) is 4.53. The Morgan fingerprint density at radius 2 is 1.93 bits per heavy atom. The van der Waals surface area contributed by atoms with Crippen LogP contribution in [0.4, 0.5) is 13.2 Å². The molecule has 148 valence electrons. The molecule has 1 aromatic carbocycles. The van der Waals surface area contributed by atoms with Crippen molar-refractivity contribution >= 4 is 38.6 Å². The SMILES string of the molecule is C[C@@H](Cc1ccc(OC(F)(F)F)cc1)n1nc(Br)c2c(Cl)nc(C3CC3)nc21. The summed E-state index contributed by atoms with van der Waals surface area (Å²) in [7, 11) is 0. The molecule has 2 heterocycles. The number of hydrogen-bond acceptors (Lipinski definition) is 4. The molecule has 0 aliphatic heterocycles. The summed E-state index contributed by atoms with van der Waals surface area (Å²) in [4.78, 5) is 9.05. The third-order valence-corrected chi connectivity index (χ3v) is 5.36. The van der Waals surface area contributed by atoms with Crippen molar-refractivity contribution in [1.29, 1.82) is 0 Å². The zero-order valence-corrected chi connectivity index (χ0v) is 17.0. The summed E-state index contributed by atoms with van der Waals surface area (Å²) in [5.41, 5.74) is 1.50. The first-order chi connectivity index (χ1) is 13.2. The molecule has 4 rings (SSSR count). The molecule has 1 saturated carbocycles. The maximum Gasteiger partial charge on any atom is 0.573 e. The van der Waals surface area contributed by atoms with E-state index in [4.69, 9.17) is 11.6 Å². The van der Waals surface area contributed by atoms with E-state index in [-0.39, 0.29) is 11.8 Å². The monoisotopic (exact) mass is 474 g/mol. The summed E-state index contributed by atoms with van der Waals surface area (Å²) in [5.74, 6) is 0.831. The number of hydrogen-bond donors (Lipinski definition) is 0. The second kappa shape index (κ2) is 7.18. The van der Waals surface area contributed by atoms with Crippen LogP contribution in [-0.2, 0) is 6.42 Å². The first-order valence-corrected chi connectivity index (χ1v) is 9.84. The van der Waals surface area contributed by atoms with Crippen LogP contribution in [0.15, 0.2) is 28.9 Å². The van der Waals surface area contributed by atoms with Gasteiger partial charge < -0.3 is 4.74 Å². The largest absolute Gasteiger partial charge is 0.573 e. The van der Waals surface area contributed by atoms with Gasteiger partial charge >= 0.3 is 6.36 Å². The summed E-state index contributed by atoms with van der Waals surface area (Å²) in [6.45, 7) is 1.96. The number of halogens is 5. The number of aromatic nitrogens is 4. The number of benzene rings is 1. The van der Waals surface area contributed by atoms with Gasteiger partial charge in [-0.15, -0.1) is 13.2 Å². The van der Waals surface area contributed by atoms with E-state index in [1.807, 2.05) is 6.92 Å². The Hall–Kier alpha value is -1.87. The van der Waals surface area contributed by atoms with Crippen molar-refractivity contribution in [3.8, 4) is 5.75 Å². The van der Waals surface area contributed by atoms with Crippen LogP contribution < -0.4 is 4.74 Å². The molecule has 28 heavy (non-hydrogen) atoms. The number of rotatable bonds is 5. The van der Waals surface area contributed by atoms with Crippen molar-refractivity contribution in [2.75, 3.05) is 0 Å². The molecule has 1 aliphatic rings. The van der Waals surface area contributed by atoms with Crippen molar-refractivity contribution in [3.05, 3.63) is 45.4 Å². The van der Waals surface area contributed by atoms with E-state index in [1.54, 1.807) is 16.8 Å². The van der Waals surface area contributed by atoms with E-state index >= 15 is 0 Å². The summed E-state index contributed by atoms with van der Waals surface area (Å²) >= 11 is 9.76. The summed E-state index contributed by atoms with van der Waals surface area (Å²) in [5, 5.41) is 5.53. The van der Waals surface area contributed by atoms with Crippen molar-refractivity contribution in [1.82, 2.24) is 19.7 Å².